The largest absolute Gasteiger partial charge is 3.00 e. The number of rotatable bonds is 1. The first-order chi connectivity index (χ1) is 15.0. The standard InChI is InChI=1S/C14H18.C9H7.C5H5.CH3.4ClH.2Zr/c1-9-5-7-13(11(9)3)14-8-6-10(2)12(14)4;1-2-5-9-7-3-6-8(9)4-1;1-2-4-5-3-1;;;;;;;/h5-6H,7-8H2,1-4H3;1-7H;1-3H,4H2;1H3;4*1H;;/q;3*-1;;;;;+3;+4/p-4. The van der Waals surface area contributed by atoms with Gasteiger partial charge < -0.3 is 32.2 Å². The van der Waals surface area contributed by atoms with Crippen LogP contribution < -0.4 is 24.8 Å². The van der Waals surface area contributed by atoms with E-state index in [9.17, 15) is 0 Å². The molecule has 0 unspecified atom stereocenters. The molecule has 6 heteroatoms. The van der Waals surface area contributed by atoms with Gasteiger partial charge in [0, 0.05) is 0 Å². The SMILES string of the molecule is CC1=CCC(C2=C(C)C(C)=CC2)=C1C.[C-]1=CC=CC1.[CH3-].[Cl-].[Cl-].[Cl][Zr+2][Cl].[Zr+3].c1ccc2[cH-]ccc2c1. The van der Waals surface area contributed by atoms with Gasteiger partial charge in [0.1, 0.15) is 0 Å². The van der Waals surface area contributed by atoms with Gasteiger partial charge in [-0.25, -0.2) is 12.2 Å². The van der Waals surface area contributed by atoms with Crippen molar-refractivity contribution in [2.24, 2.45) is 0 Å². The Morgan fingerprint density at radius 3 is 1.71 bits per heavy atom. The maximum Gasteiger partial charge on any atom is 3.00 e. The Morgan fingerprint density at radius 2 is 1.37 bits per heavy atom. The summed E-state index contributed by atoms with van der Waals surface area (Å²) in [7, 11) is 9.87. The second-order valence-electron chi connectivity index (χ2n) is 7.62. The summed E-state index contributed by atoms with van der Waals surface area (Å²) in [5, 5.41) is 2.66. The van der Waals surface area contributed by atoms with Gasteiger partial charge in [-0.3, -0.25) is 6.08 Å². The first-order valence-corrected chi connectivity index (χ1v) is 16.8. The fraction of sp³-hybridized carbons (Fsp3) is 0.241. The average Bonchev–Trinajstić information content (AvgIpc) is 3.57. The molecule has 35 heavy (non-hydrogen) atoms. The maximum atomic E-state index is 4.93. The second-order valence-corrected chi connectivity index (χ2v) is 11.4. The molecule has 2 aromatic carbocycles. The third kappa shape index (κ3) is 13.0. The number of allylic oxidation sites excluding steroid dienone is 12. The number of fused-ring (bicyclic) bond motifs is 1. The predicted molar refractivity (Wildman–Crippen MR) is 141 cm³/mol. The van der Waals surface area contributed by atoms with Crippen molar-refractivity contribution in [2.45, 2.75) is 47.0 Å². The normalized spacial score (nSPS) is 14.2. The second kappa shape index (κ2) is 22.2. The van der Waals surface area contributed by atoms with Crippen LogP contribution in [0.15, 0.2) is 106 Å². The zero-order valence-electron chi connectivity index (χ0n) is 21.1. The molecule has 1 radical (unpaired) electrons. The number of hydrogen-bond acceptors (Lipinski definition) is 0. The van der Waals surface area contributed by atoms with Crippen LogP contribution in [0.3, 0.4) is 0 Å². The quantitative estimate of drug-likeness (QED) is 0.394. The maximum absolute atomic E-state index is 4.93. The van der Waals surface area contributed by atoms with E-state index in [1.54, 1.807) is 11.1 Å². The molecule has 0 amide bonds. The van der Waals surface area contributed by atoms with Crippen molar-refractivity contribution in [3.05, 3.63) is 120 Å². The van der Waals surface area contributed by atoms with Crippen LogP contribution in [-0.2, 0) is 47.1 Å². The Balaban J connectivity index is -0.000000425. The smallest absolute Gasteiger partial charge is 0.168 e. The van der Waals surface area contributed by atoms with Gasteiger partial charge in [-0.2, -0.15) is 23.6 Å². The van der Waals surface area contributed by atoms with Gasteiger partial charge in [0.05, 0.1) is 0 Å². The van der Waals surface area contributed by atoms with E-state index in [1.165, 1.54) is 33.1 Å². The van der Waals surface area contributed by atoms with E-state index in [1.807, 2.05) is 12.2 Å². The van der Waals surface area contributed by atoms with Crippen molar-refractivity contribution < 1.29 is 71.9 Å². The molecular formula is C29H33Cl4Zr2. The summed E-state index contributed by atoms with van der Waals surface area (Å²) in [6.07, 6.45) is 17.0. The van der Waals surface area contributed by atoms with Gasteiger partial charge in [-0.15, -0.1) is 36.1 Å². The molecular weight excluding hydrogens is 673 g/mol. The summed E-state index contributed by atoms with van der Waals surface area (Å²) in [6.45, 7) is 8.94. The molecule has 0 aliphatic heterocycles. The summed E-state index contributed by atoms with van der Waals surface area (Å²) < 4.78 is 0. The van der Waals surface area contributed by atoms with Crippen LogP contribution in [0.2, 0.25) is 0 Å². The Labute approximate surface area is 263 Å². The zero-order chi connectivity index (χ0) is 22.6. The Morgan fingerprint density at radius 1 is 0.857 bits per heavy atom. The summed E-state index contributed by atoms with van der Waals surface area (Å²) in [5.41, 5.74) is 9.08. The first kappa shape index (κ1) is 39.7. The molecule has 0 saturated carbocycles. The zero-order valence-corrected chi connectivity index (χ0v) is 29.0. The van der Waals surface area contributed by atoms with Crippen LogP contribution in [0, 0.1) is 13.5 Å². The van der Waals surface area contributed by atoms with Gasteiger partial charge >= 0.3 is 64.1 Å². The first-order valence-electron chi connectivity index (χ1n) is 10.5. The number of benzene rings is 1. The minimum atomic E-state index is -0.826. The van der Waals surface area contributed by atoms with Crippen LogP contribution in [0.4, 0.5) is 0 Å². The minimum absolute atomic E-state index is 0. The van der Waals surface area contributed by atoms with Crippen molar-refractivity contribution in [2.75, 3.05) is 0 Å². The Bertz CT molecular complexity index is 973. The molecule has 0 N–H and O–H groups in total. The minimum Gasteiger partial charge on any atom is -0.168 e. The Kier molecular flexibility index (Phi) is 25.2. The van der Waals surface area contributed by atoms with Crippen molar-refractivity contribution in [3.8, 4) is 0 Å². The predicted octanol–water partition coefficient (Wildman–Crippen LogP) is 4.02. The van der Waals surface area contributed by atoms with Crippen molar-refractivity contribution in [1.29, 1.82) is 0 Å². The number of hydrogen-bond donors (Lipinski definition) is 0. The monoisotopic (exact) mass is 701 g/mol. The van der Waals surface area contributed by atoms with Gasteiger partial charge in [0.15, 0.2) is 0 Å². The van der Waals surface area contributed by atoms with E-state index in [-0.39, 0.29) is 58.4 Å². The molecule has 0 bridgehead atoms. The molecule has 0 nitrogen and oxygen atoms in total. The van der Waals surface area contributed by atoms with E-state index in [4.69, 9.17) is 17.0 Å². The van der Waals surface area contributed by atoms with Gasteiger partial charge in [-0.05, 0) is 62.8 Å². The van der Waals surface area contributed by atoms with Gasteiger partial charge in [0.2, 0.25) is 0 Å². The van der Waals surface area contributed by atoms with Crippen LogP contribution in [0.1, 0.15) is 47.0 Å². The average molecular weight is 706 g/mol. The summed E-state index contributed by atoms with van der Waals surface area (Å²) >= 11 is -0.826. The van der Waals surface area contributed by atoms with Crippen molar-refractivity contribution >= 4 is 27.8 Å². The van der Waals surface area contributed by atoms with Gasteiger partial charge in [-0.1, -0.05) is 29.4 Å². The molecule has 0 saturated heterocycles. The van der Waals surface area contributed by atoms with Crippen molar-refractivity contribution in [3.63, 3.8) is 0 Å². The third-order valence-corrected chi connectivity index (χ3v) is 5.81. The van der Waals surface area contributed by atoms with Crippen LogP contribution in [-0.4, -0.2) is 0 Å². The molecule has 185 valence electrons. The number of halogens is 4. The third-order valence-electron chi connectivity index (χ3n) is 5.81. The fourth-order valence-electron chi connectivity index (χ4n) is 3.71. The van der Waals surface area contributed by atoms with E-state index in [0.29, 0.717) is 0 Å². The van der Waals surface area contributed by atoms with E-state index in [2.05, 4.69) is 94.5 Å². The molecule has 0 atom stereocenters. The van der Waals surface area contributed by atoms with E-state index < -0.39 is 20.8 Å². The molecule has 2 aromatic rings. The Hall–Kier alpha value is 0.196. The summed E-state index contributed by atoms with van der Waals surface area (Å²) in [4.78, 5) is 0. The van der Waals surface area contributed by atoms with Crippen molar-refractivity contribution in [1.82, 2.24) is 0 Å². The molecule has 0 fully saturated rings. The van der Waals surface area contributed by atoms with Crippen LogP contribution in [0.25, 0.3) is 10.8 Å². The molecule has 5 rings (SSSR count). The fourth-order valence-corrected chi connectivity index (χ4v) is 3.71. The van der Waals surface area contributed by atoms with Gasteiger partial charge in [0.25, 0.3) is 0 Å². The summed E-state index contributed by atoms with van der Waals surface area (Å²) in [5.74, 6) is 0. The van der Waals surface area contributed by atoms with E-state index >= 15 is 0 Å². The molecule has 0 heterocycles. The van der Waals surface area contributed by atoms with Crippen LogP contribution in [0.5, 0.6) is 0 Å². The van der Waals surface area contributed by atoms with Crippen LogP contribution >= 0.6 is 17.0 Å². The van der Waals surface area contributed by atoms with E-state index in [0.717, 1.165) is 19.3 Å². The topological polar surface area (TPSA) is 0 Å². The summed E-state index contributed by atoms with van der Waals surface area (Å²) in [6, 6.07) is 14.7. The molecule has 0 spiro atoms. The molecule has 3 aliphatic carbocycles. The molecule has 3 aliphatic rings. The molecule has 0 aromatic heterocycles.